The summed E-state index contributed by atoms with van der Waals surface area (Å²) in [6.45, 7) is 1.19. The van der Waals surface area contributed by atoms with Crippen molar-refractivity contribution in [3.05, 3.63) is 38.8 Å². The SMILES string of the molecule is N#CCC(N)C1CCN(c2cc3c(cc2F)c(=O)[nH]c(=O)n3C2CC2)C1. The van der Waals surface area contributed by atoms with Crippen molar-refractivity contribution in [2.24, 2.45) is 11.7 Å². The first-order valence-electron chi connectivity index (χ1n) is 8.85. The molecule has 1 aliphatic heterocycles. The van der Waals surface area contributed by atoms with Crippen molar-refractivity contribution in [2.45, 2.75) is 37.8 Å². The molecule has 2 unspecified atom stereocenters. The maximum atomic E-state index is 14.7. The lowest BCUT2D eigenvalue weighted by Gasteiger charge is -2.22. The van der Waals surface area contributed by atoms with Gasteiger partial charge in [-0.05, 0) is 37.3 Å². The van der Waals surface area contributed by atoms with E-state index in [1.165, 1.54) is 6.07 Å². The predicted molar refractivity (Wildman–Crippen MR) is 95.6 cm³/mol. The predicted octanol–water partition coefficient (Wildman–Crippen LogP) is 1.23. The molecule has 1 aromatic carbocycles. The number of benzene rings is 1. The Morgan fingerprint density at radius 2 is 2.12 bits per heavy atom. The summed E-state index contributed by atoms with van der Waals surface area (Å²) in [4.78, 5) is 28.5. The number of halogens is 1. The molecule has 1 saturated heterocycles. The number of H-pyrrole nitrogens is 1. The summed E-state index contributed by atoms with van der Waals surface area (Å²) in [5.74, 6) is -0.368. The summed E-state index contributed by atoms with van der Waals surface area (Å²) < 4.78 is 16.3. The molecule has 8 heteroatoms. The minimum atomic E-state index is -0.567. The first-order chi connectivity index (χ1) is 12.5. The quantitative estimate of drug-likeness (QED) is 0.856. The third-order valence-corrected chi connectivity index (χ3v) is 5.42. The van der Waals surface area contributed by atoms with Gasteiger partial charge in [0.2, 0.25) is 0 Å². The third kappa shape index (κ3) is 2.78. The minimum Gasteiger partial charge on any atom is -0.369 e. The van der Waals surface area contributed by atoms with Gasteiger partial charge >= 0.3 is 5.69 Å². The van der Waals surface area contributed by atoms with Crippen molar-refractivity contribution in [3.8, 4) is 6.07 Å². The number of aromatic nitrogens is 2. The maximum absolute atomic E-state index is 14.7. The number of aromatic amines is 1. The highest BCUT2D eigenvalue weighted by Crippen LogP contribution is 2.37. The molecule has 2 aliphatic rings. The zero-order valence-corrected chi connectivity index (χ0v) is 14.2. The smallest absolute Gasteiger partial charge is 0.329 e. The van der Waals surface area contributed by atoms with Crippen LogP contribution in [0, 0.1) is 23.1 Å². The Balaban J connectivity index is 1.76. The third-order valence-electron chi connectivity index (χ3n) is 5.42. The molecule has 7 nitrogen and oxygen atoms in total. The normalized spacial score (nSPS) is 21.1. The van der Waals surface area contributed by atoms with Crippen LogP contribution in [0.2, 0.25) is 0 Å². The average Bonchev–Trinajstić information content (AvgIpc) is 3.30. The van der Waals surface area contributed by atoms with Gasteiger partial charge in [-0.1, -0.05) is 0 Å². The van der Waals surface area contributed by atoms with Gasteiger partial charge < -0.3 is 10.6 Å². The lowest BCUT2D eigenvalue weighted by atomic mass is 9.98. The summed E-state index contributed by atoms with van der Waals surface area (Å²) in [5, 5.41) is 9.00. The Hall–Kier alpha value is -2.66. The molecule has 26 heavy (non-hydrogen) atoms. The average molecular weight is 357 g/mol. The molecule has 0 spiro atoms. The molecule has 0 bridgehead atoms. The standard InChI is InChI=1S/C18H20FN5O2/c19-13-7-12-15(24(11-1-2-11)18(26)22-17(12)25)8-16(13)23-6-4-10(9-23)14(21)3-5-20/h7-8,10-11,14H,1-4,6,9,21H2,(H,22,25,26). The fourth-order valence-corrected chi connectivity index (χ4v) is 3.83. The van der Waals surface area contributed by atoms with E-state index in [2.05, 4.69) is 11.1 Å². The highest BCUT2D eigenvalue weighted by Gasteiger charge is 2.31. The minimum absolute atomic E-state index is 0.0653. The van der Waals surface area contributed by atoms with E-state index in [0.717, 1.165) is 19.3 Å². The van der Waals surface area contributed by atoms with Gasteiger partial charge in [-0.25, -0.2) is 9.18 Å². The molecule has 2 atom stereocenters. The van der Waals surface area contributed by atoms with E-state index in [1.54, 1.807) is 10.6 Å². The van der Waals surface area contributed by atoms with Gasteiger partial charge in [0.25, 0.3) is 5.56 Å². The molecule has 136 valence electrons. The molecular formula is C18H20FN5O2. The molecule has 3 N–H and O–H groups in total. The second-order valence-electron chi connectivity index (χ2n) is 7.20. The van der Waals surface area contributed by atoms with Gasteiger partial charge in [0.1, 0.15) is 5.82 Å². The van der Waals surface area contributed by atoms with Crippen LogP contribution in [-0.2, 0) is 0 Å². The lowest BCUT2D eigenvalue weighted by Crippen LogP contribution is -2.33. The van der Waals surface area contributed by atoms with Crippen LogP contribution in [0.15, 0.2) is 21.7 Å². The Kier molecular flexibility index (Phi) is 4.04. The van der Waals surface area contributed by atoms with Crippen molar-refractivity contribution in [1.82, 2.24) is 9.55 Å². The molecule has 2 fully saturated rings. The fraction of sp³-hybridized carbons (Fsp3) is 0.500. The van der Waals surface area contributed by atoms with E-state index in [9.17, 15) is 14.0 Å². The maximum Gasteiger partial charge on any atom is 0.329 e. The number of fused-ring (bicyclic) bond motifs is 1. The second kappa shape index (κ2) is 6.25. The van der Waals surface area contributed by atoms with Crippen LogP contribution in [-0.4, -0.2) is 28.7 Å². The monoisotopic (exact) mass is 357 g/mol. The van der Waals surface area contributed by atoms with Crippen LogP contribution in [0.3, 0.4) is 0 Å². The molecule has 2 heterocycles. The number of nitrogens with two attached hydrogens (primary N) is 1. The summed E-state index contributed by atoms with van der Waals surface area (Å²) in [7, 11) is 0. The molecule has 2 aromatic rings. The number of rotatable bonds is 4. The Morgan fingerprint density at radius 1 is 1.35 bits per heavy atom. The molecule has 1 aliphatic carbocycles. The Labute approximate surface area is 148 Å². The van der Waals surface area contributed by atoms with Crippen LogP contribution >= 0.6 is 0 Å². The van der Waals surface area contributed by atoms with Crippen LogP contribution in [0.25, 0.3) is 10.9 Å². The van der Waals surface area contributed by atoms with Crippen molar-refractivity contribution in [3.63, 3.8) is 0 Å². The van der Waals surface area contributed by atoms with Gasteiger partial charge in [-0.2, -0.15) is 5.26 Å². The Morgan fingerprint density at radius 3 is 2.81 bits per heavy atom. The van der Waals surface area contributed by atoms with Gasteiger partial charge in [-0.3, -0.25) is 14.3 Å². The summed E-state index contributed by atoms with van der Waals surface area (Å²) in [6.07, 6.45) is 2.81. The number of nitrogens with zero attached hydrogens (tertiary/aromatic N) is 3. The van der Waals surface area contributed by atoms with E-state index < -0.39 is 17.1 Å². The van der Waals surface area contributed by atoms with E-state index in [1.807, 2.05) is 4.90 Å². The van der Waals surface area contributed by atoms with Gasteiger partial charge in [0.15, 0.2) is 0 Å². The molecule has 1 saturated carbocycles. The zero-order chi connectivity index (χ0) is 18.4. The highest BCUT2D eigenvalue weighted by atomic mass is 19.1. The van der Waals surface area contributed by atoms with Gasteiger partial charge in [0, 0.05) is 25.2 Å². The van der Waals surface area contributed by atoms with Gasteiger partial charge in [-0.15, -0.1) is 0 Å². The highest BCUT2D eigenvalue weighted by molar-refractivity contribution is 5.82. The molecular weight excluding hydrogens is 337 g/mol. The first kappa shape index (κ1) is 16.8. The molecule has 0 radical (unpaired) electrons. The summed E-state index contributed by atoms with van der Waals surface area (Å²) in [6, 6.07) is 4.73. The van der Waals surface area contributed by atoms with E-state index in [-0.39, 0.29) is 29.8 Å². The first-order valence-corrected chi connectivity index (χ1v) is 8.85. The summed E-state index contributed by atoms with van der Waals surface area (Å²) >= 11 is 0. The largest absolute Gasteiger partial charge is 0.369 e. The number of nitrogens with one attached hydrogen (secondary N) is 1. The van der Waals surface area contributed by atoms with Crippen LogP contribution < -0.4 is 21.9 Å². The van der Waals surface area contributed by atoms with Crippen molar-refractivity contribution >= 4 is 16.6 Å². The van der Waals surface area contributed by atoms with Crippen molar-refractivity contribution in [1.29, 1.82) is 5.26 Å². The van der Waals surface area contributed by atoms with E-state index >= 15 is 0 Å². The zero-order valence-electron chi connectivity index (χ0n) is 14.2. The number of nitriles is 1. The Bertz CT molecular complexity index is 1020. The fourth-order valence-electron chi connectivity index (χ4n) is 3.83. The topological polar surface area (TPSA) is 108 Å². The van der Waals surface area contributed by atoms with Crippen LogP contribution in [0.4, 0.5) is 10.1 Å². The summed E-state index contributed by atoms with van der Waals surface area (Å²) in [5.41, 5.74) is 5.88. The molecule has 0 amide bonds. The van der Waals surface area contributed by atoms with Crippen LogP contribution in [0.5, 0.6) is 0 Å². The number of anilines is 1. The second-order valence-corrected chi connectivity index (χ2v) is 7.20. The number of hydrogen-bond acceptors (Lipinski definition) is 5. The molecule has 4 rings (SSSR count). The lowest BCUT2D eigenvalue weighted by molar-refractivity contribution is 0.464. The number of hydrogen-bond donors (Lipinski definition) is 2. The van der Waals surface area contributed by atoms with Crippen molar-refractivity contribution in [2.75, 3.05) is 18.0 Å². The van der Waals surface area contributed by atoms with Crippen molar-refractivity contribution < 1.29 is 4.39 Å². The van der Waals surface area contributed by atoms with E-state index in [0.29, 0.717) is 24.3 Å². The van der Waals surface area contributed by atoms with Crippen LogP contribution in [0.1, 0.15) is 31.7 Å². The van der Waals surface area contributed by atoms with E-state index in [4.69, 9.17) is 11.0 Å². The molecule has 1 aromatic heterocycles. The van der Waals surface area contributed by atoms with Gasteiger partial charge in [0.05, 0.1) is 29.1 Å².